The zero-order valence-corrected chi connectivity index (χ0v) is 24.9. The van der Waals surface area contributed by atoms with Crippen LogP contribution in [0.15, 0.2) is 64.0 Å². The van der Waals surface area contributed by atoms with Crippen molar-refractivity contribution in [3.63, 3.8) is 0 Å². The van der Waals surface area contributed by atoms with E-state index in [0.29, 0.717) is 43.1 Å². The number of nitrogen functional groups attached to an aromatic ring is 1. The Kier molecular flexibility index (Phi) is 9.43. The molecule has 0 aromatic heterocycles. The molecule has 0 bridgehead atoms. The molecule has 43 heavy (non-hydrogen) atoms. The summed E-state index contributed by atoms with van der Waals surface area (Å²) in [6, 6.07) is 10.4. The Hall–Kier alpha value is -5.20. The Balaban J connectivity index is 1.75. The van der Waals surface area contributed by atoms with Gasteiger partial charge in [-0.15, -0.1) is 0 Å². The van der Waals surface area contributed by atoms with Gasteiger partial charge in [0.2, 0.25) is 5.91 Å². The van der Waals surface area contributed by atoms with E-state index in [1.807, 2.05) is 27.7 Å². The summed E-state index contributed by atoms with van der Waals surface area (Å²) in [5.41, 5.74) is 6.92. The highest BCUT2D eigenvalue weighted by Crippen LogP contribution is 2.26. The molecule has 2 aromatic rings. The van der Waals surface area contributed by atoms with Crippen LogP contribution in [0.5, 0.6) is 11.5 Å². The number of carbonyl (C=O) groups is 3. The van der Waals surface area contributed by atoms with Crippen LogP contribution in [0.3, 0.4) is 0 Å². The number of fused-ring (bicyclic) bond motifs is 1. The van der Waals surface area contributed by atoms with Crippen LogP contribution in [0, 0.1) is 5.41 Å². The second-order valence-electron chi connectivity index (χ2n) is 9.68. The first-order valence-corrected chi connectivity index (χ1v) is 14.1. The lowest BCUT2D eigenvalue weighted by molar-refractivity contribution is -0.121. The zero-order chi connectivity index (χ0) is 31.3. The molecule has 2 aliphatic rings. The van der Waals surface area contributed by atoms with Crippen molar-refractivity contribution in [2.45, 2.75) is 40.7 Å². The Labute approximate surface area is 250 Å². The smallest absolute Gasteiger partial charge is 0.304 e. The van der Waals surface area contributed by atoms with Crippen molar-refractivity contribution in [3.05, 3.63) is 70.7 Å². The van der Waals surface area contributed by atoms with Crippen LogP contribution in [-0.4, -0.2) is 77.4 Å². The van der Waals surface area contributed by atoms with E-state index in [9.17, 15) is 14.4 Å². The van der Waals surface area contributed by atoms with Crippen molar-refractivity contribution in [2.75, 3.05) is 26.2 Å². The molecule has 2 heterocycles. The molecule has 2 aliphatic heterocycles. The summed E-state index contributed by atoms with van der Waals surface area (Å²) in [6.45, 7) is 11.3. The molecule has 5 N–H and O–H groups in total. The SMILES string of the molecule is CCN(CC)C(=O)c1cccc(OC2=C3NC(=O)C(C)N=C3NC(Oc3cc(C(=N)N)ccc3C(=O)N(CC)CC)=N2)c1. The van der Waals surface area contributed by atoms with Crippen molar-refractivity contribution in [3.8, 4) is 11.5 Å². The maximum Gasteiger partial charge on any atom is 0.304 e. The molecule has 0 spiro atoms. The number of rotatable bonds is 10. The van der Waals surface area contributed by atoms with Gasteiger partial charge in [-0.1, -0.05) is 12.1 Å². The lowest BCUT2D eigenvalue weighted by Crippen LogP contribution is -2.50. The largest absolute Gasteiger partial charge is 0.437 e. The van der Waals surface area contributed by atoms with E-state index in [4.69, 9.17) is 20.6 Å². The molecule has 0 radical (unpaired) electrons. The van der Waals surface area contributed by atoms with Crippen molar-refractivity contribution in [2.24, 2.45) is 15.7 Å². The van der Waals surface area contributed by atoms with Gasteiger partial charge in [0.05, 0.1) is 5.56 Å². The van der Waals surface area contributed by atoms with Crippen LogP contribution in [0.1, 0.15) is 60.9 Å². The molecule has 13 nitrogen and oxygen atoms in total. The molecule has 0 saturated carbocycles. The molecular formula is C30H36N8O5. The van der Waals surface area contributed by atoms with Crippen LogP contribution in [-0.2, 0) is 4.79 Å². The number of ether oxygens (including phenoxy) is 2. The fraction of sp³-hybridized carbons (Fsp3) is 0.333. The highest BCUT2D eigenvalue weighted by atomic mass is 16.5. The number of nitrogens with two attached hydrogens (primary N) is 1. The first kappa shape index (κ1) is 30.8. The minimum absolute atomic E-state index is 0.0421. The molecular weight excluding hydrogens is 552 g/mol. The van der Waals surface area contributed by atoms with Gasteiger partial charge in [0.1, 0.15) is 29.1 Å². The molecule has 0 saturated heterocycles. The first-order valence-electron chi connectivity index (χ1n) is 14.1. The Morgan fingerprint density at radius 3 is 2.26 bits per heavy atom. The van der Waals surface area contributed by atoms with Gasteiger partial charge in [-0.25, -0.2) is 0 Å². The summed E-state index contributed by atoms with van der Waals surface area (Å²) in [6.07, 6.45) is 0. The standard InChI is InChI=1S/C30H36N8O5/c1-6-37(7-2)28(40)19-11-10-12-20(15-19)42-27-23-25(33-17(5)26(39)34-23)35-30(36-27)43-22-16-18(24(31)32)13-14-21(22)29(41)38(8-3)9-4/h10-17H,6-9H2,1-5H3,(H3,31,32)(H,34,39)(H,33,35,36). The summed E-state index contributed by atoms with van der Waals surface area (Å²) in [7, 11) is 0. The first-order chi connectivity index (χ1) is 20.6. The lowest BCUT2D eigenvalue weighted by atomic mass is 10.1. The molecule has 13 heteroatoms. The summed E-state index contributed by atoms with van der Waals surface area (Å²) < 4.78 is 12.2. The minimum atomic E-state index is -0.706. The third-order valence-electron chi connectivity index (χ3n) is 6.96. The van der Waals surface area contributed by atoms with E-state index in [1.165, 1.54) is 6.07 Å². The van der Waals surface area contributed by atoms with Crippen LogP contribution >= 0.6 is 0 Å². The summed E-state index contributed by atoms with van der Waals surface area (Å²) in [5.74, 6) is -0.376. The van der Waals surface area contributed by atoms with Gasteiger partial charge in [0, 0.05) is 37.3 Å². The Morgan fingerprint density at radius 2 is 1.60 bits per heavy atom. The van der Waals surface area contributed by atoms with Gasteiger partial charge in [-0.05, 0) is 65.0 Å². The monoisotopic (exact) mass is 588 g/mol. The number of aliphatic imine (C=N–C) groups is 2. The van der Waals surface area contributed by atoms with Gasteiger partial charge in [-0.3, -0.25) is 30.1 Å². The maximum atomic E-state index is 13.3. The number of hydrogen-bond acceptors (Lipinski definition) is 9. The fourth-order valence-electron chi connectivity index (χ4n) is 4.49. The number of benzene rings is 2. The van der Waals surface area contributed by atoms with E-state index >= 15 is 0 Å². The van der Waals surface area contributed by atoms with Crippen LogP contribution in [0.2, 0.25) is 0 Å². The van der Waals surface area contributed by atoms with Gasteiger partial charge in [0.15, 0.2) is 5.84 Å². The summed E-state index contributed by atoms with van der Waals surface area (Å²) >= 11 is 0. The molecule has 226 valence electrons. The van der Waals surface area contributed by atoms with E-state index in [0.717, 1.165) is 0 Å². The minimum Gasteiger partial charge on any atom is -0.437 e. The van der Waals surface area contributed by atoms with Crippen molar-refractivity contribution >= 4 is 35.4 Å². The average molecular weight is 589 g/mol. The molecule has 1 unspecified atom stereocenters. The van der Waals surface area contributed by atoms with E-state index < -0.39 is 6.04 Å². The third kappa shape index (κ3) is 6.66. The summed E-state index contributed by atoms with van der Waals surface area (Å²) in [4.78, 5) is 51.0. The predicted molar refractivity (Wildman–Crippen MR) is 162 cm³/mol. The predicted octanol–water partition coefficient (Wildman–Crippen LogP) is 2.44. The van der Waals surface area contributed by atoms with E-state index in [-0.39, 0.29) is 58.3 Å². The highest BCUT2D eigenvalue weighted by Gasteiger charge is 2.32. The van der Waals surface area contributed by atoms with E-state index in [1.54, 1.807) is 53.1 Å². The maximum absolute atomic E-state index is 13.3. The van der Waals surface area contributed by atoms with E-state index in [2.05, 4.69) is 20.6 Å². The number of nitrogens with one attached hydrogen (secondary N) is 3. The normalized spacial score (nSPS) is 15.7. The van der Waals surface area contributed by atoms with Gasteiger partial charge in [-0.2, -0.15) is 4.99 Å². The zero-order valence-electron chi connectivity index (χ0n) is 24.9. The quantitative estimate of drug-likeness (QED) is 0.243. The molecule has 2 aromatic carbocycles. The van der Waals surface area contributed by atoms with Gasteiger partial charge < -0.3 is 30.3 Å². The number of nitrogens with zero attached hydrogens (tertiary/aromatic N) is 4. The molecule has 3 amide bonds. The van der Waals surface area contributed by atoms with Crippen LogP contribution in [0.25, 0.3) is 0 Å². The summed E-state index contributed by atoms with van der Waals surface area (Å²) in [5, 5.41) is 13.6. The molecule has 0 aliphatic carbocycles. The third-order valence-corrected chi connectivity index (χ3v) is 6.96. The van der Waals surface area contributed by atoms with Crippen molar-refractivity contribution in [1.29, 1.82) is 5.41 Å². The number of amidine groups is 3. The molecule has 1 atom stereocenters. The van der Waals surface area contributed by atoms with Crippen molar-refractivity contribution in [1.82, 2.24) is 20.4 Å². The highest BCUT2D eigenvalue weighted by molar-refractivity contribution is 6.14. The molecule has 4 rings (SSSR count). The van der Waals surface area contributed by atoms with Crippen molar-refractivity contribution < 1.29 is 23.9 Å². The number of carbonyl (C=O) groups excluding carboxylic acids is 3. The molecule has 0 fully saturated rings. The average Bonchev–Trinajstić information content (AvgIpc) is 2.99. The number of amides is 3. The lowest BCUT2D eigenvalue weighted by Gasteiger charge is -2.27. The van der Waals surface area contributed by atoms with Crippen LogP contribution in [0.4, 0.5) is 0 Å². The van der Waals surface area contributed by atoms with Crippen LogP contribution < -0.4 is 25.8 Å². The van der Waals surface area contributed by atoms with Gasteiger partial charge in [0.25, 0.3) is 17.7 Å². The fourth-order valence-corrected chi connectivity index (χ4v) is 4.49. The topological polar surface area (TPSA) is 175 Å². The van der Waals surface area contributed by atoms with Gasteiger partial charge >= 0.3 is 6.02 Å². The second-order valence-corrected chi connectivity index (χ2v) is 9.68. The second kappa shape index (κ2) is 13.2. The Morgan fingerprint density at radius 1 is 0.930 bits per heavy atom. The Bertz CT molecular complexity index is 1540. The number of hydrogen-bond donors (Lipinski definition) is 4.